The Kier molecular flexibility index (Phi) is 4.55. The van der Waals surface area contributed by atoms with Gasteiger partial charge in [-0.3, -0.25) is 0 Å². The van der Waals surface area contributed by atoms with Crippen molar-refractivity contribution in [1.82, 2.24) is 9.29 Å². The third kappa shape index (κ3) is 3.26. The van der Waals surface area contributed by atoms with E-state index in [1.807, 2.05) is 32.2 Å². The number of aromatic nitrogens is 1. The molecule has 1 aliphatic rings. The summed E-state index contributed by atoms with van der Waals surface area (Å²) in [6, 6.07) is 7.07. The molecule has 1 atom stereocenters. The zero-order chi connectivity index (χ0) is 17.5. The van der Waals surface area contributed by atoms with E-state index in [9.17, 15) is 8.42 Å². The van der Waals surface area contributed by atoms with E-state index in [4.69, 9.17) is 5.73 Å². The second-order valence-corrected chi connectivity index (χ2v) is 9.84. The summed E-state index contributed by atoms with van der Waals surface area (Å²) in [5.74, 6) is 0. The highest BCUT2D eigenvalue weighted by atomic mass is 32.2. The first-order chi connectivity index (χ1) is 11.2. The van der Waals surface area contributed by atoms with Crippen molar-refractivity contribution in [3.05, 3.63) is 35.3 Å². The SMILES string of the molecule is Cc1csc(-c2cccc(S(=O)(=O)N3CCC(N)C(C)(C)C3)c2)n1. The molecule has 0 aliphatic carbocycles. The van der Waals surface area contributed by atoms with Crippen LogP contribution in [0.1, 0.15) is 26.0 Å². The second-order valence-electron chi connectivity index (χ2n) is 7.04. The Bertz CT molecular complexity index is 843. The number of rotatable bonds is 3. The molecule has 0 radical (unpaired) electrons. The molecule has 1 aromatic heterocycles. The molecule has 3 rings (SSSR count). The molecule has 2 heterocycles. The first-order valence-electron chi connectivity index (χ1n) is 7.98. The molecule has 1 aliphatic heterocycles. The quantitative estimate of drug-likeness (QED) is 0.907. The van der Waals surface area contributed by atoms with Crippen LogP contribution in [0.25, 0.3) is 10.6 Å². The molecular formula is C17H23N3O2S2. The Morgan fingerprint density at radius 3 is 2.75 bits per heavy atom. The number of thiazole rings is 1. The number of sulfonamides is 1. The predicted molar refractivity (Wildman–Crippen MR) is 97.4 cm³/mol. The first-order valence-corrected chi connectivity index (χ1v) is 10.3. The zero-order valence-corrected chi connectivity index (χ0v) is 15.8. The molecule has 0 bridgehead atoms. The van der Waals surface area contributed by atoms with Crippen molar-refractivity contribution in [2.24, 2.45) is 11.1 Å². The number of aryl methyl sites for hydroxylation is 1. The van der Waals surface area contributed by atoms with Crippen LogP contribution in [-0.2, 0) is 10.0 Å². The van der Waals surface area contributed by atoms with Crippen molar-refractivity contribution in [3.8, 4) is 10.6 Å². The van der Waals surface area contributed by atoms with Crippen molar-refractivity contribution >= 4 is 21.4 Å². The van der Waals surface area contributed by atoms with Gasteiger partial charge in [-0.2, -0.15) is 4.31 Å². The predicted octanol–water partition coefficient (Wildman–Crippen LogP) is 2.87. The second kappa shape index (κ2) is 6.22. The molecule has 1 aromatic carbocycles. The molecular weight excluding hydrogens is 342 g/mol. The van der Waals surface area contributed by atoms with E-state index >= 15 is 0 Å². The number of hydrogen-bond acceptors (Lipinski definition) is 5. The molecule has 2 aromatic rings. The molecule has 24 heavy (non-hydrogen) atoms. The minimum atomic E-state index is -3.53. The van der Waals surface area contributed by atoms with E-state index in [0.717, 1.165) is 16.3 Å². The van der Waals surface area contributed by atoms with Gasteiger partial charge in [0.1, 0.15) is 5.01 Å². The maximum Gasteiger partial charge on any atom is 0.243 e. The lowest BCUT2D eigenvalue weighted by atomic mass is 9.81. The van der Waals surface area contributed by atoms with E-state index in [-0.39, 0.29) is 11.5 Å². The monoisotopic (exact) mass is 365 g/mol. The summed E-state index contributed by atoms with van der Waals surface area (Å²) >= 11 is 1.52. The van der Waals surface area contributed by atoms with Gasteiger partial charge in [0.25, 0.3) is 0 Å². The Hall–Kier alpha value is -1.28. The highest BCUT2D eigenvalue weighted by Crippen LogP contribution is 2.32. The van der Waals surface area contributed by atoms with E-state index in [1.165, 1.54) is 11.3 Å². The van der Waals surface area contributed by atoms with Crippen LogP contribution in [-0.4, -0.2) is 36.8 Å². The Morgan fingerprint density at radius 2 is 2.12 bits per heavy atom. The third-order valence-electron chi connectivity index (χ3n) is 4.61. The van der Waals surface area contributed by atoms with Crippen LogP contribution < -0.4 is 5.73 Å². The van der Waals surface area contributed by atoms with E-state index in [2.05, 4.69) is 4.98 Å². The smallest absolute Gasteiger partial charge is 0.243 e. The molecule has 1 saturated heterocycles. The Labute approximate surface area is 147 Å². The van der Waals surface area contributed by atoms with Crippen molar-refractivity contribution in [1.29, 1.82) is 0 Å². The summed E-state index contributed by atoms with van der Waals surface area (Å²) in [4.78, 5) is 4.76. The van der Waals surface area contributed by atoms with Gasteiger partial charge in [0.05, 0.1) is 4.90 Å². The van der Waals surface area contributed by atoms with Crippen LogP contribution in [0.5, 0.6) is 0 Å². The van der Waals surface area contributed by atoms with Crippen LogP contribution >= 0.6 is 11.3 Å². The van der Waals surface area contributed by atoms with E-state index < -0.39 is 10.0 Å². The van der Waals surface area contributed by atoms with E-state index in [0.29, 0.717) is 24.4 Å². The molecule has 7 heteroatoms. The van der Waals surface area contributed by atoms with E-state index in [1.54, 1.807) is 22.5 Å². The molecule has 130 valence electrons. The number of hydrogen-bond donors (Lipinski definition) is 1. The topological polar surface area (TPSA) is 76.3 Å². The minimum Gasteiger partial charge on any atom is -0.327 e. The molecule has 0 spiro atoms. The summed E-state index contributed by atoms with van der Waals surface area (Å²) in [7, 11) is -3.53. The summed E-state index contributed by atoms with van der Waals surface area (Å²) in [6.07, 6.45) is 0.678. The van der Waals surface area contributed by atoms with Gasteiger partial charge in [0, 0.05) is 35.8 Å². The van der Waals surface area contributed by atoms with Crippen LogP contribution in [0, 0.1) is 12.3 Å². The average Bonchev–Trinajstić information content (AvgIpc) is 2.96. The Balaban J connectivity index is 1.93. The lowest BCUT2D eigenvalue weighted by Crippen LogP contribution is -2.53. The molecule has 0 saturated carbocycles. The van der Waals surface area contributed by atoms with Crippen molar-refractivity contribution < 1.29 is 8.42 Å². The zero-order valence-electron chi connectivity index (χ0n) is 14.2. The van der Waals surface area contributed by atoms with Crippen molar-refractivity contribution in [2.45, 2.75) is 38.1 Å². The first kappa shape index (κ1) is 17.5. The van der Waals surface area contributed by atoms with Gasteiger partial charge in [0.2, 0.25) is 10.0 Å². The Morgan fingerprint density at radius 1 is 1.38 bits per heavy atom. The fraction of sp³-hybridized carbons (Fsp3) is 0.471. The lowest BCUT2D eigenvalue weighted by Gasteiger charge is -2.41. The molecule has 5 nitrogen and oxygen atoms in total. The number of piperidine rings is 1. The van der Waals surface area contributed by atoms with Gasteiger partial charge in [-0.1, -0.05) is 26.0 Å². The van der Waals surface area contributed by atoms with Crippen molar-refractivity contribution in [3.63, 3.8) is 0 Å². The molecule has 1 fully saturated rings. The van der Waals surface area contributed by atoms with Crippen molar-refractivity contribution in [2.75, 3.05) is 13.1 Å². The summed E-state index contributed by atoms with van der Waals surface area (Å²) in [5, 5.41) is 2.80. The third-order valence-corrected chi connectivity index (χ3v) is 7.47. The lowest BCUT2D eigenvalue weighted by molar-refractivity contribution is 0.155. The van der Waals surface area contributed by atoms with Gasteiger partial charge in [-0.25, -0.2) is 13.4 Å². The molecule has 1 unspecified atom stereocenters. The number of benzene rings is 1. The fourth-order valence-corrected chi connectivity index (χ4v) is 5.42. The fourth-order valence-electron chi connectivity index (χ4n) is 2.96. The molecule has 0 amide bonds. The molecule has 2 N–H and O–H groups in total. The van der Waals surface area contributed by atoms with Crippen LogP contribution in [0.2, 0.25) is 0 Å². The van der Waals surface area contributed by atoms with Gasteiger partial charge in [-0.05, 0) is 30.9 Å². The summed E-state index contributed by atoms with van der Waals surface area (Å²) in [5.41, 5.74) is 7.68. The van der Waals surface area contributed by atoms with Gasteiger partial charge in [-0.15, -0.1) is 11.3 Å². The van der Waals surface area contributed by atoms with Crippen LogP contribution in [0.3, 0.4) is 0 Å². The highest BCUT2D eigenvalue weighted by molar-refractivity contribution is 7.89. The normalized spacial score (nSPS) is 21.8. The van der Waals surface area contributed by atoms with Gasteiger partial charge >= 0.3 is 0 Å². The summed E-state index contributed by atoms with van der Waals surface area (Å²) < 4.78 is 27.6. The summed E-state index contributed by atoms with van der Waals surface area (Å²) in [6.45, 7) is 6.88. The average molecular weight is 366 g/mol. The largest absolute Gasteiger partial charge is 0.327 e. The maximum atomic E-state index is 13.0. The van der Waals surface area contributed by atoms with Crippen LogP contribution in [0.4, 0.5) is 0 Å². The highest BCUT2D eigenvalue weighted by Gasteiger charge is 2.38. The van der Waals surface area contributed by atoms with Gasteiger partial charge in [0.15, 0.2) is 0 Å². The minimum absolute atomic E-state index is 0.0218. The standard InChI is InChI=1S/C17H23N3O2S2/c1-12-10-23-16(19-12)13-5-4-6-14(9-13)24(21,22)20-8-7-15(18)17(2,3)11-20/h4-6,9-10,15H,7-8,11,18H2,1-3H3. The van der Waals surface area contributed by atoms with Gasteiger partial charge < -0.3 is 5.73 Å². The van der Waals surface area contributed by atoms with Crippen LogP contribution in [0.15, 0.2) is 34.5 Å². The number of nitrogens with zero attached hydrogens (tertiary/aromatic N) is 2. The maximum absolute atomic E-state index is 13.0. The number of nitrogens with two attached hydrogens (primary N) is 1.